The zero-order valence-electron chi connectivity index (χ0n) is 11.1. The lowest BCUT2D eigenvalue weighted by molar-refractivity contribution is 0.385. The van der Waals surface area contributed by atoms with E-state index in [4.69, 9.17) is 9.98 Å². The fourth-order valence-electron chi connectivity index (χ4n) is 3.43. The third kappa shape index (κ3) is 1.97. The van der Waals surface area contributed by atoms with Gasteiger partial charge in [0.15, 0.2) is 0 Å². The number of rotatable bonds is 1. The Balaban J connectivity index is 1.62. The topological polar surface area (TPSA) is 36.8 Å². The Kier molecular flexibility index (Phi) is 2.64. The molecule has 19 heavy (non-hydrogen) atoms. The van der Waals surface area contributed by atoms with Crippen LogP contribution in [0.5, 0.6) is 0 Å². The van der Waals surface area contributed by atoms with Gasteiger partial charge in [-0.15, -0.1) is 0 Å². The predicted octanol–water partition coefficient (Wildman–Crippen LogP) is 3.02. The Bertz CT molecular complexity index is 559. The van der Waals surface area contributed by atoms with E-state index in [1.165, 1.54) is 31.2 Å². The summed E-state index contributed by atoms with van der Waals surface area (Å²) in [5.74, 6) is 1.08. The van der Waals surface area contributed by atoms with Crippen molar-refractivity contribution in [1.29, 1.82) is 0 Å². The summed E-state index contributed by atoms with van der Waals surface area (Å²) < 4.78 is 0. The second kappa shape index (κ2) is 4.48. The summed E-state index contributed by atoms with van der Waals surface area (Å²) in [6, 6.07) is 9.53. The minimum Gasteiger partial charge on any atom is -0.364 e. The maximum atomic E-state index is 4.88. The van der Waals surface area contributed by atoms with Crippen LogP contribution in [0.4, 0.5) is 5.69 Å². The van der Waals surface area contributed by atoms with Crippen molar-refractivity contribution >= 4 is 17.2 Å². The van der Waals surface area contributed by atoms with Gasteiger partial charge in [-0.05, 0) is 37.3 Å². The van der Waals surface area contributed by atoms with Crippen molar-refractivity contribution in [2.45, 2.75) is 50.6 Å². The molecular weight excluding hydrogens is 234 g/mol. The Morgan fingerprint density at radius 1 is 1.05 bits per heavy atom. The van der Waals surface area contributed by atoms with Crippen LogP contribution in [0.25, 0.3) is 0 Å². The Labute approximate surface area is 113 Å². The van der Waals surface area contributed by atoms with Crippen LogP contribution in [0, 0.1) is 0 Å². The molecule has 0 saturated heterocycles. The first kappa shape index (κ1) is 11.2. The minimum atomic E-state index is 0.503. The average molecular weight is 253 g/mol. The van der Waals surface area contributed by atoms with Crippen molar-refractivity contribution in [3.05, 3.63) is 29.8 Å². The number of nitrogens with zero attached hydrogens (tertiary/aromatic N) is 2. The van der Waals surface area contributed by atoms with Gasteiger partial charge in [-0.3, -0.25) is 4.99 Å². The molecule has 1 aromatic rings. The van der Waals surface area contributed by atoms with Crippen LogP contribution in [0.3, 0.4) is 0 Å². The lowest BCUT2D eigenvalue weighted by Crippen LogP contribution is -2.39. The number of hydrogen-bond acceptors (Lipinski definition) is 3. The quantitative estimate of drug-likeness (QED) is 0.820. The van der Waals surface area contributed by atoms with Crippen LogP contribution in [0.15, 0.2) is 34.3 Å². The Morgan fingerprint density at radius 2 is 1.95 bits per heavy atom. The van der Waals surface area contributed by atoms with Crippen LogP contribution >= 0.6 is 0 Å². The fraction of sp³-hybridized carbons (Fsp3) is 0.500. The van der Waals surface area contributed by atoms with Gasteiger partial charge in [0.1, 0.15) is 5.84 Å². The first-order chi connectivity index (χ1) is 9.40. The van der Waals surface area contributed by atoms with Gasteiger partial charge in [0.2, 0.25) is 0 Å². The van der Waals surface area contributed by atoms with Gasteiger partial charge in [-0.2, -0.15) is 0 Å². The molecule has 2 heterocycles. The van der Waals surface area contributed by atoms with E-state index in [0.29, 0.717) is 12.1 Å². The molecule has 2 aliphatic heterocycles. The van der Waals surface area contributed by atoms with Crippen LogP contribution in [-0.4, -0.2) is 23.6 Å². The zero-order chi connectivity index (χ0) is 12.7. The molecule has 0 bridgehead atoms. The normalized spacial score (nSPS) is 28.8. The summed E-state index contributed by atoms with van der Waals surface area (Å²) in [6.45, 7) is 0. The van der Waals surface area contributed by atoms with E-state index in [-0.39, 0.29) is 0 Å². The van der Waals surface area contributed by atoms with Crippen LogP contribution in [0.2, 0.25) is 0 Å². The molecule has 1 aromatic carbocycles. The van der Waals surface area contributed by atoms with E-state index in [9.17, 15) is 0 Å². The fourth-order valence-corrected chi connectivity index (χ4v) is 3.43. The molecule has 0 spiro atoms. The summed E-state index contributed by atoms with van der Waals surface area (Å²) in [5.41, 5.74) is 3.65. The predicted molar refractivity (Wildman–Crippen MR) is 78.5 cm³/mol. The largest absolute Gasteiger partial charge is 0.364 e. The Morgan fingerprint density at radius 3 is 2.89 bits per heavy atom. The molecule has 1 N–H and O–H groups in total. The minimum absolute atomic E-state index is 0.503. The number of benzene rings is 1. The summed E-state index contributed by atoms with van der Waals surface area (Å²) in [5, 5.41) is 3.61. The SMILES string of the molecule is c1ccc2c(c1)CCC(C1=N[C@@H]3CCCC[C@H]3N1)=N2. The number of hydrogen-bond donors (Lipinski definition) is 1. The molecule has 1 saturated carbocycles. The molecular formula is C16H19N3. The van der Waals surface area contributed by atoms with E-state index in [1.54, 1.807) is 0 Å². The highest BCUT2D eigenvalue weighted by molar-refractivity contribution is 6.42. The van der Waals surface area contributed by atoms with Crippen molar-refractivity contribution in [2.24, 2.45) is 9.98 Å². The average Bonchev–Trinajstić information content (AvgIpc) is 2.90. The molecule has 3 aliphatic rings. The summed E-state index contributed by atoms with van der Waals surface area (Å²) >= 11 is 0. The van der Waals surface area contributed by atoms with Crippen LogP contribution in [0.1, 0.15) is 37.7 Å². The molecule has 1 aliphatic carbocycles. The van der Waals surface area contributed by atoms with Gasteiger partial charge < -0.3 is 5.32 Å². The molecule has 0 aromatic heterocycles. The maximum Gasteiger partial charge on any atom is 0.143 e. The maximum absolute atomic E-state index is 4.88. The first-order valence-electron chi connectivity index (χ1n) is 7.40. The molecule has 0 amide bonds. The first-order valence-corrected chi connectivity index (χ1v) is 7.40. The number of amidine groups is 1. The molecule has 1 fully saturated rings. The standard InChI is InChI=1S/C16H19N3/c1-2-6-12-11(5-1)9-10-15(17-12)16-18-13-7-3-4-8-14(13)19-16/h1-2,5-6,13-14H,3-4,7-10H2,(H,18,19)/t13-,14-/m1/s1. The van der Waals surface area contributed by atoms with E-state index in [2.05, 4.69) is 29.6 Å². The second-order valence-electron chi connectivity index (χ2n) is 5.77. The van der Waals surface area contributed by atoms with Gasteiger partial charge in [0.25, 0.3) is 0 Å². The van der Waals surface area contributed by atoms with Crippen molar-refractivity contribution in [3.8, 4) is 0 Å². The monoisotopic (exact) mass is 253 g/mol. The zero-order valence-corrected chi connectivity index (χ0v) is 11.1. The highest BCUT2D eigenvalue weighted by Crippen LogP contribution is 2.29. The molecule has 3 nitrogen and oxygen atoms in total. The summed E-state index contributed by atoms with van der Waals surface area (Å²) in [7, 11) is 0. The van der Waals surface area contributed by atoms with Crippen LogP contribution < -0.4 is 5.32 Å². The number of fused-ring (bicyclic) bond motifs is 2. The van der Waals surface area contributed by atoms with Crippen molar-refractivity contribution in [1.82, 2.24) is 5.32 Å². The smallest absolute Gasteiger partial charge is 0.143 e. The highest BCUT2D eigenvalue weighted by Gasteiger charge is 2.32. The van der Waals surface area contributed by atoms with Gasteiger partial charge >= 0.3 is 0 Å². The third-order valence-corrected chi connectivity index (χ3v) is 4.50. The van der Waals surface area contributed by atoms with E-state index < -0.39 is 0 Å². The summed E-state index contributed by atoms with van der Waals surface area (Å²) in [6.07, 6.45) is 7.28. The van der Waals surface area contributed by atoms with Gasteiger partial charge in [0.05, 0.1) is 23.5 Å². The molecule has 98 valence electrons. The number of para-hydroxylation sites is 1. The lowest BCUT2D eigenvalue weighted by Gasteiger charge is -2.23. The second-order valence-corrected chi connectivity index (χ2v) is 5.77. The Hall–Kier alpha value is -1.64. The molecule has 2 atom stereocenters. The van der Waals surface area contributed by atoms with Gasteiger partial charge in [0, 0.05) is 0 Å². The third-order valence-electron chi connectivity index (χ3n) is 4.50. The number of aryl methyl sites for hydroxylation is 1. The number of nitrogens with one attached hydrogen (secondary N) is 1. The van der Waals surface area contributed by atoms with Crippen molar-refractivity contribution in [3.63, 3.8) is 0 Å². The summed E-state index contributed by atoms with van der Waals surface area (Å²) in [4.78, 5) is 9.69. The van der Waals surface area contributed by atoms with Crippen molar-refractivity contribution < 1.29 is 0 Å². The highest BCUT2D eigenvalue weighted by atomic mass is 15.1. The molecule has 4 rings (SSSR count). The van der Waals surface area contributed by atoms with Gasteiger partial charge in [-0.25, -0.2) is 4.99 Å². The van der Waals surface area contributed by atoms with Crippen LogP contribution in [-0.2, 0) is 6.42 Å². The lowest BCUT2D eigenvalue weighted by atomic mass is 9.92. The molecule has 0 radical (unpaired) electrons. The van der Waals surface area contributed by atoms with Gasteiger partial charge in [-0.1, -0.05) is 31.0 Å². The molecule has 0 unspecified atom stereocenters. The molecule has 3 heteroatoms. The van der Waals surface area contributed by atoms with E-state index in [0.717, 1.165) is 30.1 Å². The number of aliphatic imine (C=N–C) groups is 2. The van der Waals surface area contributed by atoms with Crippen molar-refractivity contribution in [2.75, 3.05) is 0 Å². The van der Waals surface area contributed by atoms with E-state index >= 15 is 0 Å². The van der Waals surface area contributed by atoms with E-state index in [1.807, 2.05) is 0 Å².